The van der Waals surface area contributed by atoms with E-state index >= 15 is 0 Å². The molecular formula is C7H9NO. The SMILES string of the molecule is C=CC1C2C[C@@]12C(N)=O. The van der Waals surface area contributed by atoms with Crippen molar-refractivity contribution in [3.63, 3.8) is 0 Å². The van der Waals surface area contributed by atoms with E-state index < -0.39 is 0 Å². The highest BCUT2D eigenvalue weighted by molar-refractivity contribution is 5.90. The van der Waals surface area contributed by atoms with Gasteiger partial charge in [0.25, 0.3) is 0 Å². The summed E-state index contributed by atoms with van der Waals surface area (Å²) in [6.07, 6.45) is 2.86. The molecule has 0 bridgehead atoms. The second-order valence-corrected chi connectivity index (χ2v) is 2.98. The molecule has 2 saturated carbocycles. The topological polar surface area (TPSA) is 43.1 Å². The van der Waals surface area contributed by atoms with Gasteiger partial charge in [0.1, 0.15) is 0 Å². The highest BCUT2D eigenvalue weighted by atomic mass is 16.1. The smallest absolute Gasteiger partial charge is 0.224 e. The van der Waals surface area contributed by atoms with E-state index in [1.807, 2.05) is 6.08 Å². The van der Waals surface area contributed by atoms with Crippen molar-refractivity contribution < 1.29 is 4.79 Å². The van der Waals surface area contributed by atoms with Gasteiger partial charge in [0, 0.05) is 0 Å². The number of allylic oxidation sites excluding steroid dienone is 1. The predicted octanol–water partition coefficient (Wildman–Crippen LogP) is 0.294. The van der Waals surface area contributed by atoms with Gasteiger partial charge < -0.3 is 5.73 Å². The van der Waals surface area contributed by atoms with Gasteiger partial charge in [-0.25, -0.2) is 0 Å². The zero-order valence-electron chi connectivity index (χ0n) is 5.13. The van der Waals surface area contributed by atoms with Crippen molar-refractivity contribution in [1.29, 1.82) is 0 Å². The van der Waals surface area contributed by atoms with Crippen LogP contribution >= 0.6 is 0 Å². The molecule has 0 spiro atoms. The van der Waals surface area contributed by atoms with Crippen LogP contribution in [0.2, 0.25) is 0 Å². The molecule has 2 rings (SSSR count). The molecule has 3 atom stereocenters. The van der Waals surface area contributed by atoms with Crippen molar-refractivity contribution in [3.05, 3.63) is 12.7 Å². The van der Waals surface area contributed by atoms with Crippen LogP contribution in [0.3, 0.4) is 0 Å². The fraction of sp³-hybridized carbons (Fsp3) is 0.571. The lowest BCUT2D eigenvalue weighted by atomic mass is 10.1. The Bertz CT molecular complexity index is 199. The summed E-state index contributed by atoms with van der Waals surface area (Å²) >= 11 is 0. The van der Waals surface area contributed by atoms with E-state index in [9.17, 15) is 4.79 Å². The van der Waals surface area contributed by atoms with Crippen LogP contribution in [0.25, 0.3) is 0 Å². The quantitative estimate of drug-likeness (QED) is 0.527. The Morgan fingerprint density at radius 1 is 1.89 bits per heavy atom. The Kier molecular flexibility index (Phi) is 0.592. The first-order valence-corrected chi connectivity index (χ1v) is 3.16. The second-order valence-electron chi connectivity index (χ2n) is 2.98. The van der Waals surface area contributed by atoms with Crippen LogP contribution in [-0.4, -0.2) is 5.91 Å². The molecule has 2 aliphatic rings. The van der Waals surface area contributed by atoms with Crippen molar-refractivity contribution in [2.75, 3.05) is 0 Å². The molecule has 0 aromatic rings. The van der Waals surface area contributed by atoms with Crippen LogP contribution in [0.1, 0.15) is 6.42 Å². The highest BCUT2D eigenvalue weighted by Crippen LogP contribution is 2.80. The van der Waals surface area contributed by atoms with E-state index in [1.54, 1.807) is 0 Å². The first-order valence-electron chi connectivity index (χ1n) is 3.16. The number of rotatable bonds is 2. The molecule has 9 heavy (non-hydrogen) atoms. The first kappa shape index (κ1) is 5.03. The molecular weight excluding hydrogens is 114 g/mol. The van der Waals surface area contributed by atoms with Gasteiger partial charge in [0.05, 0.1) is 5.41 Å². The number of hydrogen-bond donors (Lipinski definition) is 1. The van der Waals surface area contributed by atoms with Gasteiger partial charge in [-0.2, -0.15) is 0 Å². The van der Waals surface area contributed by atoms with Gasteiger partial charge in [-0.05, 0) is 18.3 Å². The summed E-state index contributed by atoms with van der Waals surface area (Å²) in [4.78, 5) is 10.7. The third-order valence-electron chi connectivity index (χ3n) is 2.69. The second kappa shape index (κ2) is 1.06. The molecule has 1 amide bonds. The molecule has 2 fully saturated rings. The molecule has 0 radical (unpaired) electrons. The minimum Gasteiger partial charge on any atom is -0.369 e. The number of primary amides is 1. The van der Waals surface area contributed by atoms with E-state index in [2.05, 4.69) is 6.58 Å². The van der Waals surface area contributed by atoms with Gasteiger partial charge in [-0.15, -0.1) is 6.58 Å². The highest BCUT2D eigenvalue weighted by Gasteiger charge is 2.81. The number of amides is 1. The Balaban J connectivity index is 2.16. The van der Waals surface area contributed by atoms with Crippen LogP contribution in [0.4, 0.5) is 0 Å². The molecule has 0 heterocycles. The Morgan fingerprint density at radius 3 is 2.67 bits per heavy atom. The average molecular weight is 123 g/mol. The number of nitrogens with two attached hydrogens (primary N) is 1. The molecule has 2 aliphatic carbocycles. The fourth-order valence-corrected chi connectivity index (χ4v) is 1.78. The number of hydrogen-bond acceptors (Lipinski definition) is 1. The molecule has 0 aromatic heterocycles. The maximum absolute atomic E-state index is 10.7. The van der Waals surface area contributed by atoms with Gasteiger partial charge in [-0.3, -0.25) is 4.79 Å². The maximum Gasteiger partial charge on any atom is 0.224 e. The normalized spacial score (nSPS) is 51.6. The van der Waals surface area contributed by atoms with Gasteiger partial charge in [-0.1, -0.05) is 6.08 Å². The zero-order valence-corrected chi connectivity index (χ0v) is 5.13. The van der Waals surface area contributed by atoms with Crippen molar-refractivity contribution in [3.8, 4) is 0 Å². The first-order chi connectivity index (χ1) is 4.23. The van der Waals surface area contributed by atoms with Crippen LogP contribution in [0, 0.1) is 17.3 Å². The third kappa shape index (κ3) is 0.334. The van der Waals surface area contributed by atoms with E-state index in [1.165, 1.54) is 0 Å². The minimum absolute atomic E-state index is 0.0955. The molecule has 0 aromatic carbocycles. The molecule has 48 valence electrons. The van der Waals surface area contributed by atoms with Crippen molar-refractivity contribution in [1.82, 2.24) is 0 Å². The Labute approximate surface area is 53.7 Å². The van der Waals surface area contributed by atoms with E-state index in [0.717, 1.165) is 6.42 Å². The van der Waals surface area contributed by atoms with Crippen LogP contribution in [0.15, 0.2) is 12.7 Å². The predicted molar refractivity (Wildman–Crippen MR) is 33.4 cm³/mol. The van der Waals surface area contributed by atoms with Crippen LogP contribution in [-0.2, 0) is 4.79 Å². The van der Waals surface area contributed by atoms with E-state index in [-0.39, 0.29) is 11.3 Å². The average Bonchev–Trinajstić information content (AvgIpc) is 2.47. The molecule has 2 nitrogen and oxygen atoms in total. The largest absolute Gasteiger partial charge is 0.369 e. The Morgan fingerprint density at radius 2 is 2.56 bits per heavy atom. The van der Waals surface area contributed by atoms with Crippen molar-refractivity contribution in [2.24, 2.45) is 23.0 Å². The molecule has 0 saturated heterocycles. The monoisotopic (exact) mass is 123 g/mol. The summed E-state index contributed by atoms with van der Waals surface area (Å²) in [5, 5.41) is 0. The standard InChI is InChI=1S/C7H9NO/c1-2-4-5-3-7(4,5)6(8)9/h2,4-5H,1,3H2,(H2,8,9)/t4?,5?,7-/m1/s1. The summed E-state index contributed by atoms with van der Waals surface area (Å²) in [6.45, 7) is 3.62. The third-order valence-corrected chi connectivity index (χ3v) is 2.69. The van der Waals surface area contributed by atoms with E-state index in [0.29, 0.717) is 11.8 Å². The number of carbonyl (C=O) groups excluding carboxylic acids is 1. The summed E-state index contributed by atoms with van der Waals surface area (Å²) < 4.78 is 0. The summed E-state index contributed by atoms with van der Waals surface area (Å²) in [6, 6.07) is 0. The molecule has 0 aliphatic heterocycles. The fourth-order valence-electron chi connectivity index (χ4n) is 1.78. The van der Waals surface area contributed by atoms with E-state index in [4.69, 9.17) is 5.73 Å². The summed E-state index contributed by atoms with van der Waals surface area (Å²) in [5.74, 6) is 0.875. The van der Waals surface area contributed by atoms with Crippen LogP contribution < -0.4 is 5.73 Å². The molecule has 2 N–H and O–H groups in total. The Hall–Kier alpha value is -0.790. The lowest BCUT2D eigenvalue weighted by molar-refractivity contribution is -0.121. The van der Waals surface area contributed by atoms with Gasteiger partial charge in [0.2, 0.25) is 5.91 Å². The minimum atomic E-state index is -0.127. The lowest BCUT2D eigenvalue weighted by Crippen LogP contribution is -2.20. The maximum atomic E-state index is 10.7. The summed E-state index contributed by atoms with van der Waals surface area (Å²) in [5.41, 5.74) is 5.06. The van der Waals surface area contributed by atoms with Crippen molar-refractivity contribution >= 4 is 5.91 Å². The number of carbonyl (C=O) groups is 1. The number of fused-ring (bicyclic) bond motifs is 1. The lowest BCUT2D eigenvalue weighted by Gasteiger charge is -2.00. The zero-order chi connectivity index (χ0) is 6.65. The van der Waals surface area contributed by atoms with Gasteiger partial charge >= 0.3 is 0 Å². The molecule has 2 unspecified atom stereocenters. The van der Waals surface area contributed by atoms with Crippen LogP contribution in [0.5, 0.6) is 0 Å². The van der Waals surface area contributed by atoms with Crippen molar-refractivity contribution in [2.45, 2.75) is 6.42 Å². The molecule has 2 heteroatoms. The van der Waals surface area contributed by atoms with Gasteiger partial charge in [0.15, 0.2) is 0 Å². The summed E-state index contributed by atoms with van der Waals surface area (Å²) in [7, 11) is 0.